The van der Waals surface area contributed by atoms with Crippen LogP contribution in [0.1, 0.15) is 28.1 Å². The molecular formula is C24H20F2N4O3S. The molecule has 2 aromatic heterocycles. The van der Waals surface area contributed by atoms with Gasteiger partial charge in [0.15, 0.2) is 0 Å². The smallest absolute Gasteiger partial charge is 0.281 e. The van der Waals surface area contributed by atoms with Crippen LogP contribution in [0.5, 0.6) is 0 Å². The minimum atomic E-state index is -0.962. The molecule has 2 N–H and O–H groups in total. The van der Waals surface area contributed by atoms with Crippen molar-refractivity contribution in [2.24, 2.45) is 0 Å². The van der Waals surface area contributed by atoms with Crippen molar-refractivity contribution in [2.45, 2.75) is 19.8 Å². The first kappa shape index (κ1) is 23.2. The maximum atomic E-state index is 13.7. The molecule has 4 aromatic rings. The Bertz CT molecular complexity index is 1430. The van der Waals surface area contributed by atoms with Crippen molar-refractivity contribution in [3.8, 4) is 11.1 Å². The van der Waals surface area contributed by atoms with E-state index in [2.05, 4.69) is 15.7 Å². The Labute approximate surface area is 197 Å². The van der Waals surface area contributed by atoms with Crippen LogP contribution in [0.15, 0.2) is 59.7 Å². The molecule has 4 rings (SSSR count). The Morgan fingerprint density at radius 1 is 1.12 bits per heavy atom. The number of amides is 2. The van der Waals surface area contributed by atoms with E-state index in [0.717, 1.165) is 32.8 Å². The van der Waals surface area contributed by atoms with E-state index in [1.807, 2.05) is 37.3 Å². The standard InChI is InChI=1S/C24H20F2N4O3S/c1-14-20(15-6-3-2-4-7-15)21-23(34-14)28-13-30(24(21)33)29-19(31)8-5-11-27-22(32)17-10-9-16(25)12-18(17)26/h2-4,6-7,9-10,12-13H,5,8,11H2,1H3,(H,27,32)(H,29,31). The average Bonchev–Trinajstić information content (AvgIpc) is 3.15. The van der Waals surface area contributed by atoms with Crippen LogP contribution in [0, 0.1) is 18.6 Å². The molecule has 34 heavy (non-hydrogen) atoms. The molecule has 10 heteroatoms. The predicted octanol–water partition coefficient (Wildman–Crippen LogP) is 3.99. The molecule has 0 unspecified atom stereocenters. The average molecular weight is 483 g/mol. The summed E-state index contributed by atoms with van der Waals surface area (Å²) in [6, 6.07) is 12.2. The first-order chi connectivity index (χ1) is 16.3. The van der Waals surface area contributed by atoms with E-state index in [-0.39, 0.29) is 30.5 Å². The molecule has 0 aliphatic heterocycles. The molecule has 7 nitrogen and oxygen atoms in total. The van der Waals surface area contributed by atoms with Crippen molar-refractivity contribution in [2.75, 3.05) is 12.0 Å². The lowest BCUT2D eigenvalue weighted by Gasteiger charge is -2.09. The van der Waals surface area contributed by atoms with Crippen LogP contribution < -0.4 is 16.3 Å². The summed E-state index contributed by atoms with van der Waals surface area (Å²) in [7, 11) is 0. The maximum Gasteiger partial charge on any atom is 0.281 e. The molecule has 0 aliphatic rings. The van der Waals surface area contributed by atoms with Gasteiger partial charge in [0.05, 0.1) is 10.9 Å². The van der Waals surface area contributed by atoms with E-state index in [0.29, 0.717) is 16.3 Å². The van der Waals surface area contributed by atoms with Crippen LogP contribution >= 0.6 is 11.3 Å². The van der Waals surface area contributed by atoms with Gasteiger partial charge >= 0.3 is 0 Å². The van der Waals surface area contributed by atoms with Crippen molar-refractivity contribution in [1.29, 1.82) is 0 Å². The van der Waals surface area contributed by atoms with Gasteiger partial charge in [-0.3, -0.25) is 19.8 Å². The molecule has 0 aliphatic carbocycles. The quantitative estimate of drug-likeness (QED) is 0.390. The van der Waals surface area contributed by atoms with Crippen molar-refractivity contribution in [3.63, 3.8) is 0 Å². The lowest BCUT2D eigenvalue weighted by molar-refractivity contribution is -0.117. The molecule has 0 spiro atoms. The minimum Gasteiger partial charge on any atom is -0.352 e. The molecular weight excluding hydrogens is 462 g/mol. The van der Waals surface area contributed by atoms with E-state index in [9.17, 15) is 23.2 Å². The van der Waals surface area contributed by atoms with E-state index < -0.39 is 23.4 Å². The van der Waals surface area contributed by atoms with Crippen LogP contribution in [0.3, 0.4) is 0 Å². The fourth-order valence-electron chi connectivity index (χ4n) is 3.54. The summed E-state index contributed by atoms with van der Waals surface area (Å²) in [5.74, 6) is -2.89. The number of halogens is 2. The van der Waals surface area contributed by atoms with Crippen molar-refractivity contribution < 1.29 is 18.4 Å². The second kappa shape index (κ2) is 9.92. The Morgan fingerprint density at radius 2 is 1.88 bits per heavy atom. The zero-order valence-electron chi connectivity index (χ0n) is 18.1. The Hall–Kier alpha value is -3.92. The molecule has 174 valence electrons. The molecule has 0 radical (unpaired) electrons. The zero-order chi connectivity index (χ0) is 24.2. The largest absolute Gasteiger partial charge is 0.352 e. The molecule has 0 atom stereocenters. The second-order valence-corrected chi connectivity index (χ2v) is 8.72. The SMILES string of the molecule is Cc1sc2ncn(NC(=O)CCCNC(=O)c3ccc(F)cc3F)c(=O)c2c1-c1ccccc1. The van der Waals surface area contributed by atoms with Gasteiger partial charge in [0, 0.05) is 29.5 Å². The summed E-state index contributed by atoms with van der Waals surface area (Å²) >= 11 is 1.41. The molecule has 0 fully saturated rings. The molecule has 2 amide bonds. The number of hydrogen-bond donors (Lipinski definition) is 2. The second-order valence-electron chi connectivity index (χ2n) is 7.52. The summed E-state index contributed by atoms with van der Waals surface area (Å²) in [5.41, 5.74) is 3.53. The lowest BCUT2D eigenvalue weighted by Crippen LogP contribution is -2.33. The maximum absolute atomic E-state index is 13.7. The first-order valence-corrected chi connectivity index (χ1v) is 11.3. The normalized spacial score (nSPS) is 10.9. The number of benzene rings is 2. The Morgan fingerprint density at radius 3 is 2.62 bits per heavy atom. The molecule has 2 heterocycles. The first-order valence-electron chi connectivity index (χ1n) is 10.4. The fourth-order valence-corrected chi connectivity index (χ4v) is 4.55. The highest BCUT2D eigenvalue weighted by molar-refractivity contribution is 7.19. The summed E-state index contributed by atoms with van der Waals surface area (Å²) < 4.78 is 27.7. The van der Waals surface area contributed by atoms with Gasteiger partial charge in [-0.1, -0.05) is 30.3 Å². The van der Waals surface area contributed by atoms with Gasteiger partial charge < -0.3 is 5.32 Å². The fraction of sp³-hybridized carbons (Fsp3) is 0.167. The van der Waals surface area contributed by atoms with Gasteiger partial charge in [-0.15, -0.1) is 11.3 Å². The van der Waals surface area contributed by atoms with Gasteiger partial charge in [0.1, 0.15) is 22.8 Å². The highest BCUT2D eigenvalue weighted by atomic mass is 32.1. The number of rotatable bonds is 7. The van der Waals surface area contributed by atoms with Crippen molar-refractivity contribution in [1.82, 2.24) is 15.0 Å². The van der Waals surface area contributed by atoms with Crippen LogP contribution in [0.2, 0.25) is 0 Å². The number of nitrogens with one attached hydrogen (secondary N) is 2. The molecule has 0 saturated carbocycles. The third-order valence-electron chi connectivity index (χ3n) is 5.14. The minimum absolute atomic E-state index is 0.00483. The van der Waals surface area contributed by atoms with E-state index in [1.54, 1.807) is 0 Å². The number of fused-ring (bicyclic) bond motifs is 1. The number of nitrogens with zero attached hydrogens (tertiary/aromatic N) is 2. The van der Waals surface area contributed by atoms with Gasteiger partial charge in [-0.2, -0.15) is 0 Å². The summed E-state index contributed by atoms with van der Waals surface area (Å²) in [4.78, 5) is 43.3. The van der Waals surface area contributed by atoms with E-state index >= 15 is 0 Å². The topological polar surface area (TPSA) is 93.1 Å². The number of carbonyl (C=O) groups is 2. The van der Waals surface area contributed by atoms with E-state index in [1.165, 1.54) is 17.7 Å². The van der Waals surface area contributed by atoms with Crippen LogP contribution in [-0.2, 0) is 4.79 Å². The van der Waals surface area contributed by atoms with Gasteiger partial charge in [-0.05, 0) is 31.0 Å². The third-order valence-corrected chi connectivity index (χ3v) is 6.15. The number of aromatic nitrogens is 2. The van der Waals surface area contributed by atoms with Gasteiger partial charge in [0.25, 0.3) is 11.5 Å². The third kappa shape index (κ3) is 4.86. The van der Waals surface area contributed by atoms with Crippen molar-refractivity contribution in [3.05, 3.63) is 87.3 Å². The van der Waals surface area contributed by atoms with Gasteiger partial charge in [-0.25, -0.2) is 18.4 Å². The number of carbonyl (C=O) groups excluding carboxylic acids is 2. The van der Waals surface area contributed by atoms with Crippen LogP contribution in [-0.4, -0.2) is 28.0 Å². The number of aryl methyl sites for hydroxylation is 1. The van der Waals surface area contributed by atoms with Gasteiger partial charge in [0.2, 0.25) is 5.91 Å². The highest BCUT2D eigenvalue weighted by Crippen LogP contribution is 2.35. The Kier molecular flexibility index (Phi) is 6.78. The number of thiophene rings is 1. The summed E-state index contributed by atoms with van der Waals surface area (Å²) in [6.07, 6.45) is 1.52. The molecule has 2 aromatic carbocycles. The zero-order valence-corrected chi connectivity index (χ0v) is 18.9. The van der Waals surface area contributed by atoms with Crippen LogP contribution in [0.25, 0.3) is 21.3 Å². The summed E-state index contributed by atoms with van der Waals surface area (Å²) in [6.45, 7) is 2.01. The summed E-state index contributed by atoms with van der Waals surface area (Å²) in [5, 5.41) is 2.92. The Balaban J connectivity index is 1.40. The lowest BCUT2D eigenvalue weighted by atomic mass is 10.0. The highest BCUT2D eigenvalue weighted by Gasteiger charge is 2.17. The monoisotopic (exact) mass is 482 g/mol. The number of hydrogen-bond acceptors (Lipinski definition) is 5. The van der Waals surface area contributed by atoms with Crippen molar-refractivity contribution >= 4 is 33.4 Å². The molecule has 0 saturated heterocycles. The van der Waals surface area contributed by atoms with Crippen LogP contribution in [0.4, 0.5) is 8.78 Å². The molecule has 0 bridgehead atoms. The predicted molar refractivity (Wildman–Crippen MR) is 126 cm³/mol. The van der Waals surface area contributed by atoms with E-state index in [4.69, 9.17) is 0 Å².